The third-order valence-corrected chi connectivity index (χ3v) is 6.05. The second-order valence-corrected chi connectivity index (χ2v) is 7.54. The molecule has 0 saturated carbocycles. The molecule has 0 amide bonds. The van der Waals surface area contributed by atoms with Gasteiger partial charge in [0.05, 0.1) is 23.7 Å². The number of aliphatic hydroxyl groups is 2. The third-order valence-electron chi connectivity index (χ3n) is 4.39. The molecule has 2 rings (SSSR count). The van der Waals surface area contributed by atoms with Crippen LogP contribution in [0, 0.1) is 5.41 Å². The summed E-state index contributed by atoms with van der Waals surface area (Å²) in [6.45, 7) is 0.801. The van der Waals surface area contributed by atoms with Crippen molar-refractivity contribution in [1.82, 2.24) is 0 Å². The second-order valence-electron chi connectivity index (χ2n) is 5.23. The summed E-state index contributed by atoms with van der Waals surface area (Å²) < 4.78 is 28.1. The lowest BCUT2D eigenvalue weighted by Crippen LogP contribution is -2.56. The second kappa shape index (κ2) is 4.50. The Balaban J connectivity index is 2.20. The van der Waals surface area contributed by atoms with E-state index in [0.717, 1.165) is 0 Å². The maximum Gasteiger partial charge on any atom is 0.150 e. The molecule has 0 aromatic rings. The zero-order valence-electron chi connectivity index (χ0n) is 9.89. The van der Waals surface area contributed by atoms with Crippen LogP contribution in [0.2, 0.25) is 0 Å². The van der Waals surface area contributed by atoms with Crippen LogP contribution in [0.3, 0.4) is 0 Å². The van der Waals surface area contributed by atoms with Crippen molar-refractivity contribution in [3.05, 3.63) is 0 Å². The van der Waals surface area contributed by atoms with Crippen molar-refractivity contribution in [3.8, 4) is 0 Å². The van der Waals surface area contributed by atoms with Crippen molar-refractivity contribution in [2.45, 2.75) is 31.3 Å². The van der Waals surface area contributed by atoms with Crippen molar-refractivity contribution in [2.24, 2.45) is 5.41 Å². The molecule has 0 aromatic heterocycles. The SMILES string of the molecule is O=S1(=O)CCC(CO)(C2(O)CCOCC2)CC1. The Kier molecular flexibility index (Phi) is 3.51. The molecule has 2 aliphatic heterocycles. The van der Waals surface area contributed by atoms with Gasteiger partial charge in [-0.25, -0.2) is 8.42 Å². The fourth-order valence-electron chi connectivity index (χ4n) is 2.94. The van der Waals surface area contributed by atoms with Gasteiger partial charge in [0.2, 0.25) is 0 Å². The van der Waals surface area contributed by atoms with Crippen LogP contribution in [0.4, 0.5) is 0 Å². The smallest absolute Gasteiger partial charge is 0.150 e. The van der Waals surface area contributed by atoms with Gasteiger partial charge in [-0.1, -0.05) is 0 Å². The molecule has 0 spiro atoms. The summed E-state index contributed by atoms with van der Waals surface area (Å²) in [5.74, 6) is 0.132. The molecule has 0 unspecified atom stereocenters. The molecular weight excluding hydrogens is 244 g/mol. The summed E-state index contributed by atoms with van der Waals surface area (Å²) in [4.78, 5) is 0. The van der Waals surface area contributed by atoms with E-state index in [2.05, 4.69) is 0 Å². The highest BCUT2D eigenvalue weighted by Gasteiger charge is 2.52. The zero-order valence-corrected chi connectivity index (χ0v) is 10.7. The minimum Gasteiger partial charge on any atom is -0.396 e. The molecule has 0 radical (unpaired) electrons. The largest absolute Gasteiger partial charge is 0.396 e. The van der Waals surface area contributed by atoms with Crippen LogP contribution in [-0.2, 0) is 14.6 Å². The van der Waals surface area contributed by atoms with Crippen LogP contribution in [-0.4, -0.2) is 55.6 Å². The number of hydrogen-bond acceptors (Lipinski definition) is 5. The van der Waals surface area contributed by atoms with Crippen LogP contribution >= 0.6 is 0 Å². The minimum atomic E-state index is -2.98. The standard InChI is InChI=1S/C11H20O5S/c12-9-10(3-7-17(14,15)8-4-10)11(13)1-5-16-6-2-11/h12-13H,1-9H2. The first-order chi connectivity index (χ1) is 7.93. The molecule has 17 heavy (non-hydrogen) atoms. The van der Waals surface area contributed by atoms with Gasteiger partial charge in [0, 0.05) is 31.5 Å². The number of ether oxygens (including phenoxy) is 1. The molecule has 100 valence electrons. The summed E-state index contributed by atoms with van der Waals surface area (Å²) in [6, 6.07) is 0. The number of sulfone groups is 1. The first-order valence-corrected chi connectivity index (χ1v) is 7.87. The van der Waals surface area contributed by atoms with Gasteiger partial charge in [-0.3, -0.25) is 0 Å². The zero-order chi connectivity index (χ0) is 12.6. The number of hydrogen-bond donors (Lipinski definition) is 2. The molecule has 0 bridgehead atoms. The quantitative estimate of drug-likeness (QED) is 0.716. The fraction of sp³-hybridized carbons (Fsp3) is 1.00. The van der Waals surface area contributed by atoms with Crippen LogP contribution in [0.5, 0.6) is 0 Å². The van der Waals surface area contributed by atoms with Crippen LogP contribution < -0.4 is 0 Å². The Morgan fingerprint density at radius 3 is 2.06 bits per heavy atom. The van der Waals surface area contributed by atoms with Crippen LogP contribution in [0.15, 0.2) is 0 Å². The highest BCUT2D eigenvalue weighted by Crippen LogP contribution is 2.46. The lowest BCUT2D eigenvalue weighted by molar-refractivity contribution is -0.163. The van der Waals surface area contributed by atoms with Gasteiger partial charge in [-0.2, -0.15) is 0 Å². The molecular formula is C11H20O5S. The Hall–Kier alpha value is -0.170. The topological polar surface area (TPSA) is 83.8 Å². The highest BCUT2D eigenvalue weighted by molar-refractivity contribution is 7.91. The van der Waals surface area contributed by atoms with Gasteiger partial charge < -0.3 is 14.9 Å². The summed E-state index contributed by atoms with van der Waals surface area (Å²) in [6.07, 6.45) is 1.66. The maximum atomic E-state index is 11.5. The molecule has 5 nitrogen and oxygen atoms in total. The Morgan fingerprint density at radius 2 is 1.59 bits per heavy atom. The fourth-order valence-corrected chi connectivity index (χ4v) is 4.55. The van der Waals surface area contributed by atoms with E-state index in [-0.39, 0.29) is 18.1 Å². The van der Waals surface area contributed by atoms with E-state index < -0.39 is 20.9 Å². The molecule has 2 saturated heterocycles. The van der Waals surface area contributed by atoms with Gasteiger partial charge in [0.15, 0.2) is 0 Å². The van der Waals surface area contributed by atoms with E-state index in [9.17, 15) is 18.6 Å². The lowest BCUT2D eigenvalue weighted by Gasteiger charge is -2.50. The average Bonchev–Trinajstić information content (AvgIpc) is 2.30. The maximum absolute atomic E-state index is 11.5. The van der Waals surface area contributed by atoms with E-state index in [1.165, 1.54) is 0 Å². The van der Waals surface area contributed by atoms with Gasteiger partial charge in [-0.05, 0) is 12.8 Å². The number of rotatable bonds is 2. The van der Waals surface area contributed by atoms with Gasteiger partial charge >= 0.3 is 0 Å². The Bertz CT molecular complexity index is 355. The molecule has 0 aliphatic carbocycles. The van der Waals surface area contributed by atoms with E-state index in [1.54, 1.807) is 0 Å². The van der Waals surface area contributed by atoms with E-state index >= 15 is 0 Å². The molecule has 2 N–H and O–H groups in total. The van der Waals surface area contributed by atoms with Crippen molar-refractivity contribution >= 4 is 9.84 Å². The van der Waals surface area contributed by atoms with Gasteiger partial charge in [-0.15, -0.1) is 0 Å². The van der Waals surface area contributed by atoms with Crippen molar-refractivity contribution < 1.29 is 23.4 Å². The van der Waals surface area contributed by atoms with Gasteiger partial charge in [0.25, 0.3) is 0 Å². The van der Waals surface area contributed by atoms with Crippen LogP contribution in [0.25, 0.3) is 0 Å². The molecule has 6 heteroatoms. The predicted octanol–water partition coefficient (Wildman–Crippen LogP) is -0.285. The summed E-state index contributed by atoms with van der Waals surface area (Å²) in [5, 5.41) is 20.3. The van der Waals surface area contributed by atoms with Crippen molar-refractivity contribution in [2.75, 3.05) is 31.3 Å². The summed E-state index contributed by atoms with van der Waals surface area (Å²) >= 11 is 0. The van der Waals surface area contributed by atoms with E-state index in [1.807, 2.05) is 0 Å². The summed E-state index contributed by atoms with van der Waals surface area (Å²) in [5.41, 5.74) is -1.64. The molecule has 2 heterocycles. The molecule has 0 atom stereocenters. The third kappa shape index (κ3) is 2.36. The van der Waals surface area contributed by atoms with E-state index in [0.29, 0.717) is 38.9 Å². The van der Waals surface area contributed by atoms with Crippen molar-refractivity contribution in [3.63, 3.8) is 0 Å². The molecule has 0 aromatic carbocycles. The molecule has 2 aliphatic rings. The van der Waals surface area contributed by atoms with Crippen molar-refractivity contribution in [1.29, 1.82) is 0 Å². The first kappa shape index (κ1) is 13.3. The van der Waals surface area contributed by atoms with Crippen LogP contribution in [0.1, 0.15) is 25.7 Å². The van der Waals surface area contributed by atoms with Gasteiger partial charge in [0.1, 0.15) is 9.84 Å². The normalized spacial score (nSPS) is 30.9. The average molecular weight is 264 g/mol. The highest BCUT2D eigenvalue weighted by atomic mass is 32.2. The monoisotopic (exact) mass is 264 g/mol. The summed E-state index contributed by atoms with van der Waals surface area (Å²) in [7, 11) is -2.98. The van der Waals surface area contributed by atoms with E-state index in [4.69, 9.17) is 4.74 Å². The number of aliphatic hydroxyl groups excluding tert-OH is 1. The first-order valence-electron chi connectivity index (χ1n) is 6.05. The molecule has 2 fully saturated rings. The Morgan fingerprint density at radius 1 is 1.06 bits per heavy atom. The lowest BCUT2D eigenvalue weighted by atomic mass is 9.65. The predicted molar refractivity (Wildman–Crippen MR) is 62.4 cm³/mol. The minimum absolute atomic E-state index is 0.0662. The Labute approximate surface area is 102 Å².